The van der Waals surface area contributed by atoms with Crippen molar-refractivity contribution in [1.82, 2.24) is 15.8 Å². The second-order valence-corrected chi connectivity index (χ2v) is 4.25. The predicted octanol–water partition coefficient (Wildman–Crippen LogP) is 1.81. The van der Waals surface area contributed by atoms with E-state index >= 15 is 0 Å². The molecule has 0 saturated heterocycles. The van der Waals surface area contributed by atoms with E-state index in [1.807, 2.05) is 18.2 Å². The van der Waals surface area contributed by atoms with E-state index in [0.29, 0.717) is 16.7 Å². The number of carbonyl (C=O) groups excluding carboxylic acids is 1. The lowest BCUT2D eigenvalue weighted by Gasteiger charge is -2.05. The fraction of sp³-hybridized carbons (Fsp3) is 0.214. The number of nitrogens with zero attached hydrogens (tertiary/aromatic N) is 2. The Kier molecular flexibility index (Phi) is 7.31. The zero-order valence-corrected chi connectivity index (χ0v) is 12.7. The van der Waals surface area contributed by atoms with E-state index in [1.165, 1.54) is 7.05 Å². The molecule has 0 aliphatic rings. The van der Waals surface area contributed by atoms with E-state index in [4.69, 9.17) is 11.6 Å². The lowest BCUT2D eigenvalue weighted by molar-refractivity contribution is -0.106. The number of hydrogen-bond donors (Lipinski definition) is 3. The van der Waals surface area contributed by atoms with Gasteiger partial charge in [0.05, 0.1) is 11.9 Å². The minimum atomic E-state index is 0.196. The molecule has 0 saturated carbocycles. The van der Waals surface area contributed by atoms with Crippen LogP contribution in [0.25, 0.3) is 10.9 Å². The van der Waals surface area contributed by atoms with Crippen molar-refractivity contribution in [3.63, 3.8) is 0 Å². The number of aromatic nitrogens is 1. The molecule has 0 aliphatic heterocycles. The van der Waals surface area contributed by atoms with Crippen molar-refractivity contribution in [2.24, 2.45) is 10.7 Å². The first-order valence-electron chi connectivity index (χ1n) is 6.31. The molecule has 112 valence electrons. The monoisotopic (exact) mass is 307 g/mol. The van der Waals surface area contributed by atoms with Crippen molar-refractivity contribution in [1.29, 1.82) is 0 Å². The summed E-state index contributed by atoms with van der Waals surface area (Å²) in [6.45, 7) is 0. The molecule has 6 nitrogen and oxygen atoms in total. The van der Waals surface area contributed by atoms with Crippen LogP contribution in [0.15, 0.2) is 35.3 Å². The molecule has 0 radical (unpaired) electrons. The van der Waals surface area contributed by atoms with Crippen molar-refractivity contribution < 1.29 is 4.79 Å². The third-order valence-electron chi connectivity index (χ3n) is 2.43. The van der Waals surface area contributed by atoms with Gasteiger partial charge in [-0.05, 0) is 37.4 Å². The molecule has 1 aromatic carbocycles. The zero-order chi connectivity index (χ0) is 15.7. The van der Waals surface area contributed by atoms with Gasteiger partial charge >= 0.3 is 0 Å². The second-order valence-electron chi connectivity index (χ2n) is 3.81. The van der Waals surface area contributed by atoms with Crippen LogP contribution in [0.4, 0.5) is 5.82 Å². The highest BCUT2D eigenvalue weighted by atomic mass is 35.5. The molecular weight excluding hydrogens is 290 g/mol. The number of aliphatic imine (C=N–C) groups is 1. The van der Waals surface area contributed by atoms with Crippen LogP contribution in [0.2, 0.25) is 5.02 Å². The van der Waals surface area contributed by atoms with Crippen LogP contribution >= 0.6 is 11.6 Å². The predicted molar refractivity (Wildman–Crippen MR) is 86.8 cm³/mol. The highest BCUT2D eigenvalue weighted by Gasteiger charge is 2.01. The van der Waals surface area contributed by atoms with Gasteiger partial charge in [-0.2, -0.15) is 0 Å². The first-order chi connectivity index (χ1) is 10.2. The minimum Gasteiger partial charge on any atom is -0.333 e. The Morgan fingerprint density at radius 3 is 2.81 bits per heavy atom. The summed E-state index contributed by atoms with van der Waals surface area (Å²) in [5.41, 5.74) is 10.8. The molecule has 4 N–H and O–H groups in total. The molecule has 2 aromatic rings. The van der Waals surface area contributed by atoms with E-state index in [1.54, 1.807) is 19.2 Å². The first-order valence-corrected chi connectivity index (χ1v) is 6.68. The number of hydrogen-bond acceptors (Lipinski definition) is 5. The van der Waals surface area contributed by atoms with E-state index in [2.05, 4.69) is 26.6 Å². The molecule has 0 aliphatic carbocycles. The van der Waals surface area contributed by atoms with Crippen molar-refractivity contribution in [2.75, 3.05) is 14.1 Å². The van der Waals surface area contributed by atoms with Crippen LogP contribution in [-0.2, 0) is 4.79 Å². The lowest BCUT2D eigenvalue weighted by atomic mass is 10.2. The summed E-state index contributed by atoms with van der Waals surface area (Å²) in [7, 11) is 3.20. The van der Waals surface area contributed by atoms with Gasteiger partial charge in [-0.1, -0.05) is 11.6 Å². The smallest absolute Gasteiger partial charge is 0.154 e. The largest absolute Gasteiger partial charge is 0.333 e. The molecule has 1 heterocycles. The maximum Gasteiger partial charge on any atom is 0.154 e. The Balaban J connectivity index is 0.00000106. The summed E-state index contributed by atoms with van der Waals surface area (Å²) >= 11 is 5.91. The molecule has 0 atom stereocenters. The average molecular weight is 308 g/mol. The fourth-order valence-electron chi connectivity index (χ4n) is 1.63. The third-order valence-corrected chi connectivity index (χ3v) is 2.67. The van der Waals surface area contributed by atoms with E-state index in [9.17, 15) is 4.79 Å². The summed E-state index contributed by atoms with van der Waals surface area (Å²) in [6.07, 6.45) is 0.977. The number of amidine groups is 1. The standard InChI is InChI=1S/C13H13ClN4O.CH5N/c1-15-18-13(6-7-19)17-12-5-2-9-8-10(14)3-4-11(9)16-12;1-2/h2-5,7-8,15H,6H2,1H3,(H,16,17,18);2H2,1H3. The topological polar surface area (TPSA) is 92.4 Å². The number of carbonyl (C=O) groups is 1. The average Bonchev–Trinajstić information content (AvgIpc) is 2.50. The molecule has 0 fully saturated rings. The molecule has 0 unspecified atom stereocenters. The molecule has 0 bridgehead atoms. The van der Waals surface area contributed by atoms with Gasteiger partial charge < -0.3 is 16.0 Å². The van der Waals surface area contributed by atoms with Crippen LogP contribution in [0, 0.1) is 0 Å². The molecular formula is C14H18ClN5O. The molecule has 0 amide bonds. The molecule has 0 spiro atoms. The molecule has 1 aromatic heterocycles. The molecule has 21 heavy (non-hydrogen) atoms. The summed E-state index contributed by atoms with van der Waals surface area (Å²) < 4.78 is 0. The summed E-state index contributed by atoms with van der Waals surface area (Å²) in [6, 6.07) is 9.13. The first kappa shape index (κ1) is 17.0. The number of halogens is 1. The Morgan fingerprint density at radius 2 is 2.14 bits per heavy atom. The zero-order valence-electron chi connectivity index (χ0n) is 11.9. The van der Waals surface area contributed by atoms with Gasteiger partial charge in [0.25, 0.3) is 0 Å². The van der Waals surface area contributed by atoms with Gasteiger partial charge in [0.15, 0.2) is 5.82 Å². The highest BCUT2D eigenvalue weighted by Crippen LogP contribution is 2.20. The van der Waals surface area contributed by atoms with Crippen molar-refractivity contribution in [2.45, 2.75) is 6.42 Å². The number of hydrazine groups is 1. The van der Waals surface area contributed by atoms with Gasteiger partial charge in [0, 0.05) is 17.5 Å². The van der Waals surface area contributed by atoms with Crippen molar-refractivity contribution in [3.8, 4) is 0 Å². The van der Waals surface area contributed by atoms with Gasteiger partial charge in [0.1, 0.15) is 12.1 Å². The van der Waals surface area contributed by atoms with Crippen LogP contribution in [-0.4, -0.2) is 31.2 Å². The maximum atomic E-state index is 10.5. The Labute approximate surface area is 128 Å². The van der Waals surface area contributed by atoms with E-state index in [-0.39, 0.29) is 6.42 Å². The fourth-order valence-corrected chi connectivity index (χ4v) is 1.81. The number of rotatable bonds is 4. The van der Waals surface area contributed by atoms with Crippen LogP contribution in [0.1, 0.15) is 6.42 Å². The SMILES string of the molecule is CN.CNNC(CC=O)=Nc1ccc2cc(Cl)ccc2n1. The summed E-state index contributed by atoms with van der Waals surface area (Å²) in [5.74, 6) is 1.05. The van der Waals surface area contributed by atoms with Crippen molar-refractivity contribution >= 4 is 40.4 Å². The molecule has 2 rings (SSSR count). The van der Waals surface area contributed by atoms with Crippen LogP contribution in [0.3, 0.4) is 0 Å². The highest BCUT2D eigenvalue weighted by molar-refractivity contribution is 6.31. The Morgan fingerprint density at radius 1 is 1.38 bits per heavy atom. The maximum absolute atomic E-state index is 10.5. The number of pyridine rings is 1. The van der Waals surface area contributed by atoms with E-state index < -0.39 is 0 Å². The number of benzene rings is 1. The number of nitrogens with two attached hydrogens (primary N) is 1. The second kappa shape index (κ2) is 9.02. The minimum absolute atomic E-state index is 0.196. The number of aldehydes is 1. The van der Waals surface area contributed by atoms with Gasteiger partial charge in [-0.3, -0.25) is 0 Å². The van der Waals surface area contributed by atoms with Gasteiger partial charge in [0.2, 0.25) is 0 Å². The summed E-state index contributed by atoms with van der Waals surface area (Å²) in [4.78, 5) is 19.2. The van der Waals surface area contributed by atoms with Gasteiger partial charge in [-0.25, -0.2) is 15.4 Å². The Hall–Kier alpha value is -2.02. The lowest BCUT2D eigenvalue weighted by Crippen LogP contribution is -2.34. The molecule has 7 heteroatoms. The number of fused-ring (bicyclic) bond motifs is 1. The van der Waals surface area contributed by atoms with Crippen molar-refractivity contribution in [3.05, 3.63) is 35.4 Å². The normalized spacial score (nSPS) is 10.8. The summed E-state index contributed by atoms with van der Waals surface area (Å²) in [5, 5.41) is 1.62. The quantitative estimate of drug-likeness (QED) is 0.347. The Bertz CT molecular complexity index is 630. The number of nitrogens with one attached hydrogen (secondary N) is 2. The van der Waals surface area contributed by atoms with Crippen LogP contribution in [0.5, 0.6) is 0 Å². The third kappa shape index (κ3) is 5.11. The van der Waals surface area contributed by atoms with E-state index in [0.717, 1.165) is 17.2 Å². The van der Waals surface area contributed by atoms with Gasteiger partial charge in [-0.15, -0.1) is 0 Å². The van der Waals surface area contributed by atoms with Crippen LogP contribution < -0.4 is 16.6 Å².